The summed E-state index contributed by atoms with van der Waals surface area (Å²) >= 11 is 0. The second-order valence-corrected chi connectivity index (χ2v) is 6.58. The minimum atomic E-state index is 0.0628. The van der Waals surface area contributed by atoms with Crippen LogP contribution >= 0.6 is 0 Å². The molecule has 1 aromatic rings. The van der Waals surface area contributed by atoms with Crippen LogP contribution in [-0.2, 0) is 10.2 Å². The Bertz CT molecular complexity index is 476. The summed E-state index contributed by atoms with van der Waals surface area (Å²) in [5.41, 5.74) is 2.05. The molecule has 1 atom stereocenters. The molecular formula is C17H25NO2. The summed E-state index contributed by atoms with van der Waals surface area (Å²) in [4.78, 5) is 14.5. The average molecular weight is 275 g/mol. The van der Waals surface area contributed by atoms with Crippen LogP contribution in [0.3, 0.4) is 0 Å². The van der Waals surface area contributed by atoms with Crippen LogP contribution in [-0.4, -0.2) is 37.1 Å². The van der Waals surface area contributed by atoms with Gasteiger partial charge in [0.15, 0.2) is 0 Å². The van der Waals surface area contributed by atoms with Crippen molar-refractivity contribution < 1.29 is 9.53 Å². The number of likely N-dealkylation sites (tertiary alicyclic amines) is 1. The number of carbonyl (C=O) groups is 1. The molecule has 0 aliphatic carbocycles. The van der Waals surface area contributed by atoms with Gasteiger partial charge in [-0.3, -0.25) is 4.79 Å². The van der Waals surface area contributed by atoms with Gasteiger partial charge in [-0.05, 0) is 36.0 Å². The van der Waals surface area contributed by atoms with E-state index >= 15 is 0 Å². The topological polar surface area (TPSA) is 29.5 Å². The largest absolute Gasteiger partial charge is 0.380 e. The van der Waals surface area contributed by atoms with Gasteiger partial charge in [-0.1, -0.05) is 32.9 Å². The van der Waals surface area contributed by atoms with E-state index in [1.807, 2.05) is 23.1 Å². The van der Waals surface area contributed by atoms with Gasteiger partial charge in [0.05, 0.1) is 6.10 Å². The molecule has 0 aromatic heterocycles. The molecule has 3 nitrogen and oxygen atoms in total. The summed E-state index contributed by atoms with van der Waals surface area (Å²) in [5, 5.41) is 0. The molecule has 1 aliphatic heterocycles. The third-order valence-electron chi connectivity index (χ3n) is 3.97. The highest BCUT2D eigenvalue weighted by molar-refractivity contribution is 5.94. The second-order valence-electron chi connectivity index (χ2n) is 6.58. The van der Waals surface area contributed by atoms with Crippen LogP contribution in [0.5, 0.6) is 0 Å². The number of hydrogen-bond acceptors (Lipinski definition) is 2. The van der Waals surface area contributed by atoms with Gasteiger partial charge in [0.2, 0.25) is 0 Å². The first-order valence-corrected chi connectivity index (χ1v) is 7.34. The average Bonchev–Trinajstić information content (AvgIpc) is 2.46. The summed E-state index contributed by atoms with van der Waals surface area (Å²) < 4.78 is 5.39. The van der Waals surface area contributed by atoms with Crippen molar-refractivity contribution in [3.8, 4) is 0 Å². The number of nitrogens with zero attached hydrogens (tertiary/aromatic N) is 1. The number of methoxy groups -OCH3 is 1. The molecule has 1 aromatic carbocycles. The molecule has 0 bridgehead atoms. The molecule has 0 N–H and O–H groups in total. The lowest BCUT2D eigenvalue weighted by molar-refractivity contribution is 0.0269. The lowest BCUT2D eigenvalue weighted by Gasteiger charge is -2.32. The summed E-state index contributed by atoms with van der Waals surface area (Å²) in [6, 6.07) is 8.00. The maximum Gasteiger partial charge on any atom is 0.253 e. The number of piperidine rings is 1. The maximum atomic E-state index is 12.6. The van der Waals surface area contributed by atoms with Gasteiger partial charge >= 0.3 is 0 Å². The second kappa shape index (κ2) is 5.96. The quantitative estimate of drug-likeness (QED) is 0.829. The Hall–Kier alpha value is -1.35. The number of ether oxygens (including phenoxy) is 1. The van der Waals surface area contributed by atoms with Gasteiger partial charge in [-0.25, -0.2) is 0 Å². The van der Waals surface area contributed by atoms with Crippen LogP contribution in [0, 0.1) is 0 Å². The first-order valence-electron chi connectivity index (χ1n) is 7.34. The van der Waals surface area contributed by atoms with Gasteiger partial charge in [0.25, 0.3) is 5.91 Å². The monoisotopic (exact) mass is 275 g/mol. The Balaban J connectivity index is 2.17. The first-order chi connectivity index (χ1) is 9.41. The van der Waals surface area contributed by atoms with Crippen LogP contribution in [0.1, 0.15) is 49.5 Å². The van der Waals surface area contributed by atoms with Crippen LogP contribution in [0.2, 0.25) is 0 Å². The van der Waals surface area contributed by atoms with E-state index in [0.717, 1.165) is 24.9 Å². The highest BCUT2D eigenvalue weighted by Gasteiger charge is 2.25. The van der Waals surface area contributed by atoms with Crippen molar-refractivity contribution >= 4 is 5.91 Å². The van der Waals surface area contributed by atoms with Gasteiger partial charge in [-0.15, -0.1) is 0 Å². The third-order valence-corrected chi connectivity index (χ3v) is 3.97. The number of hydrogen-bond donors (Lipinski definition) is 0. The van der Waals surface area contributed by atoms with E-state index in [-0.39, 0.29) is 17.4 Å². The Morgan fingerprint density at radius 2 is 2.10 bits per heavy atom. The minimum Gasteiger partial charge on any atom is -0.380 e. The molecule has 1 unspecified atom stereocenters. The zero-order valence-corrected chi connectivity index (χ0v) is 13.0. The van der Waals surface area contributed by atoms with E-state index in [2.05, 4.69) is 26.8 Å². The lowest BCUT2D eigenvalue weighted by Crippen LogP contribution is -2.42. The van der Waals surface area contributed by atoms with Gasteiger partial charge in [0, 0.05) is 25.8 Å². The Kier molecular flexibility index (Phi) is 4.48. The van der Waals surface area contributed by atoms with Crippen molar-refractivity contribution in [1.82, 2.24) is 4.90 Å². The predicted molar refractivity (Wildman–Crippen MR) is 81.1 cm³/mol. The first kappa shape index (κ1) is 15.0. The smallest absolute Gasteiger partial charge is 0.253 e. The summed E-state index contributed by atoms with van der Waals surface area (Å²) in [6.07, 6.45) is 2.24. The zero-order chi connectivity index (χ0) is 14.8. The molecule has 1 saturated heterocycles. The lowest BCUT2D eigenvalue weighted by atomic mass is 9.86. The molecule has 0 spiro atoms. The molecule has 1 aliphatic rings. The molecule has 20 heavy (non-hydrogen) atoms. The maximum absolute atomic E-state index is 12.6. The van der Waals surface area contributed by atoms with Gasteiger partial charge in [0.1, 0.15) is 0 Å². The third kappa shape index (κ3) is 3.40. The van der Waals surface area contributed by atoms with Crippen molar-refractivity contribution in [2.24, 2.45) is 0 Å². The standard InChI is InChI=1S/C17H25NO2/c1-17(2,3)14-8-5-7-13(11-14)16(19)18-10-6-9-15(12-18)20-4/h5,7-8,11,15H,6,9-10,12H2,1-4H3. The van der Waals surface area contributed by atoms with E-state index in [1.54, 1.807) is 7.11 Å². The molecule has 110 valence electrons. The van der Waals surface area contributed by atoms with Crippen molar-refractivity contribution in [3.05, 3.63) is 35.4 Å². The number of carbonyl (C=O) groups excluding carboxylic acids is 1. The van der Waals surface area contributed by atoms with E-state index in [4.69, 9.17) is 4.74 Å². The highest BCUT2D eigenvalue weighted by Crippen LogP contribution is 2.24. The number of rotatable bonds is 2. The van der Waals surface area contributed by atoms with Crippen molar-refractivity contribution in [1.29, 1.82) is 0 Å². The molecule has 1 amide bonds. The Morgan fingerprint density at radius 1 is 1.35 bits per heavy atom. The molecule has 0 saturated carbocycles. The fraction of sp³-hybridized carbons (Fsp3) is 0.588. The molecular weight excluding hydrogens is 250 g/mol. The normalized spacial score (nSPS) is 20.0. The molecule has 3 heteroatoms. The molecule has 1 heterocycles. The van der Waals surface area contributed by atoms with Crippen LogP contribution in [0.15, 0.2) is 24.3 Å². The summed E-state index contributed by atoms with van der Waals surface area (Å²) in [5.74, 6) is 0.123. The van der Waals surface area contributed by atoms with E-state index in [9.17, 15) is 4.79 Å². The predicted octanol–water partition coefficient (Wildman–Crippen LogP) is 3.24. The fourth-order valence-electron chi connectivity index (χ4n) is 2.62. The molecule has 1 fully saturated rings. The minimum absolute atomic E-state index is 0.0628. The van der Waals surface area contributed by atoms with Gasteiger partial charge in [-0.2, -0.15) is 0 Å². The summed E-state index contributed by atoms with van der Waals surface area (Å²) in [6.45, 7) is 8.03. The van der Waals surface area contributed by atoms with Crippen LogP contribution in [0.4, 0.5) is 0 Å². The van der Waals surface area contributed by atoms with Crippen molar-refractivity contribution in [2.45, 2.75) is 45.1 Å². The van der Waals surface area contributed by atoms with Crippen molar-refractivity contribution in [2.75, 3.05) is 20.2 Å². The Morgan fingerprint density at radius 3 is 2.75 bits per heavy atom. The van der Waals surface area contributed by atoms with E-state index in [1.165, 1.54) is 5.56 Å². The SMILES string of the molecule is COC1CCCN(C(=O)c2cccc(C(C)(C)C)c2)C1. The van der Waals surface area contributed by atoms with Crippen LogP contribution in [0.25, 0.3) is 0 Å². The molecule has 2 rings (SSSR count). The van der Waals surface area contributed by atoms with Gasteiger partial charge < -0.3 is 9.64 Å². The highest BCUT2D eigenvalue weighted by atomic mass is 16.5. The fourth-order valence-corrected chi connectivity index (χ4v) is 2.62. The summed E-state index contributed by atoms with van der Waals surface area (Å²) in [7, 11) is 1.72. The number of amides is 1. The number of benzene rings is 1. The molecule has 0 radical (unpaired) electrons. The Labute approximate surface area is 121 Å². The van der Waals surface area contributed by atoms with Crippen molar-refractivity contribution in [3.63, 3.8) is 0 Å². The van der Waals surface area contributed by atoms with E-state index < -0.39 is 0 Å². The van der Waals surface area contributed by atoms with E-state index in [0.29, 0.717) is 6.54 Å². The zero-order valence-electron chi connectivity index (χ0n) is 13.0. The van der Waals surface area contributed by atoms with Crippen LogP contribution < -0.4 is 0 Å².